The van der Waals surface area contributed by atoms with E-state index in [1.54, 1.807) is 12.4 Å². The second-order valence-corrected chi connectivity index (χ2v) is 6.42. The van der Waals surface area contributed by atoms with Gasteiger partial charge in [0.15, 0.2) is 0 Å². The van der Waals surface area contributed by atoms with E-state index in [1.807, 2.05) is 17.0 Å². The second kappa shape index (κ2) is 6.75. The molecule has 0 aromatic carbocycles. The van der Waals surface area contributed by atoms with Crippen LogP contribution < -0.4 is 0 Å². The van der Waals surface area contributed by atoms with Crippen LogP contribution >= 0.6 is 0 Å². The number of nitrogens with zero attached hydrogens (tertiary/aromatic N) is 3. The highest BCUT2D eigenvalue weighted by molar-refractivity contribution is 5.80. The number of aliphatic hydroxyl groups excluding tert-OH is 1. The summed E-state index contributed by atoms with van der Waals surface area (Å²) in [6.45, 7) is 4.87. The Morgan fingerprint density at radius 3 is 2.68 bits per heavy atom. The molecule has 1 aliphatic heterocycles. The van der Waals surface area contributed by atoms with Gasteiger partial charge in [-0.05, 0) is 37.1 Å². The monoisotopic (exact) mass is 303 g/mol. The molecule has 0 radical (unpaired) electrons. The Morgan fingerprint density at radius 1 is 1.36 bits per heavy atom. The minimum atomic E-state index is -0.453. The fourth-order valence-corrected chi connectivity index (χ4v) is 3.41. The summed E-state index contributed by atoms with van der Waals surface area (Å²) in [7, 11) is 0. The Labute approximate surface area is 131 Å². The molecular weight excluding hydrogens is 278 g/mol. The van der Waals surface area contributed by atoms with Crippen molar-refractivity contribution in [2.75, 3.05) is 19.6 Å². The molecule has 2 aliphatic rings. The van der Waals surface area contributed by atoms with Gasteiger partial charge in [-0.25, -0.2) is 0 Å². The summed E-state index contributed by atoms with van der Waals surface area (Å²) in [5.41, 5.74) is 1.19. The molecule has 1 amide bonds. The molecule has 22 heavy (non-hydrogen) atoms. The molecule has 0 spiro atoms. The summed E-state index contributed by atoms with van der Waals surface area (Å²) in [5, 5.41) is 10.4. The van der Waals surface area contributed by atoms with Gasteiger partial charge in [0.25, 0.3) is 0 Å². The third kappa shape index (κ3) is 3.15. The summed E-state index contributed by atoms with van der Waals surface area (Å²) < 4.78 is 0. The lowest BCUT2D eigenvalue weighted by Crippen LogP contribution is -2.43. The van der Waals surface area contributed by atoms with Gasteiger partial charge in [-0.15, -0.1) is 0 Å². The molecule has 120 valence electrons. The van der Waals surface area contributed by atoms with Gasteiger partial charge in [-0.3, -0.25) is 14.7 Å². The molecule has 5 nitrogen and oxygen atoms in total. The number of amides is 1. The van der Waals surface area contributed by atoms with Crippen LogP contribution in [-0.2, 0) is 11.3 Å². The molecule has 5 heteroatoms. The summed E-state index contributed by atoms with van der Waals surface area (Å²) in [6.07, 6.45) is 6.33. The van der Waals surface area contributed by atoms with Crippen molar-refractivity contribution in [1.82, 2.24) is 14.8 Å². The summed E-state index contributed by atoms with van der Waals surface area (Å²) in [6, 6.07) is 4.03. The first-order valence-corrected chi connectivity index (χ1v) is 8.29. The van der Waals surface area contributed by atoms with E-state index in [-0.39, 0.29) is 17.9 Å². The molecule has 3 rings (SSSR count). The van der Waals surface area contributed by atoms with Gasteiger partial charge in [-0.1, -0.05) is 13.3 Å². The first-order valence-electron chi connectivity index (χ1n) is 8.29. The van der Waals surface area contributed by atoms with Gasteiger partial charge >= 0.3 is 0 Å². The quantitative estimate of drug-likeness (QED) is 0.890. The minimum absolute atomic E-state index is 0.0298. The van der Waals surface area contributed by atoms with Crippen LogP contribution in [0, 0.1) is 5.92 Å². The van der Waals surface area contributed by atoms with Crippen molar-refractivity contribution in [1.29, 1.82) is 0 Å². The summed E-state index contributed by atoms with van der Waals surface area (Å²) in [4.78, 5) is 20.5. The fraction of sp³-hybridized carbons (Fsp3) is 0.647. The Kier molecular flexibility index (Phi) is 4.74. The van der Waals surface area contributed by atoms with Gasteiger partial charge in [0.2, 0.25) is 5.91 Å². The normalized spacial score (nSPS) is 25.5. The third-order valence-electron chi connectivity index (χ3n) is 5.04. The van der Waals surface area contributed by atoms with Crippen molar-refractivity contribution in [3.8, 4) is 0 Å². The van der Waals surface area contributed by atoms with E-state index in [4.69, 9.17) is 0 Å². The Morgan fingerprint density at radius 2 is 2.09 bits per heavy atom. The number of aliphatic hydroxyl groups is 1. The van der Waals surface area contributed by atoms with Gasteiger partial charge in [0, 0.05) is 37.9 Å². The Balaban J connectivity index is 1.63. The Bertz CT molecular complexity index is 504. The van der Waals surface area contributed by atoms with Gasteiger partial charge in [-0.2, -0.15) is 0 Å². The van der Waals surface area contributed by atoms with Crippen LogP contribution in [0.4, 0.5) is 0 Å². The van der Waals surface area contributed by atoms with Crippen molar-refractivity contribution >= 4 is 5.91 Å². The lowest BCUT2D eigenvalue weighted by atomic mass is 9.84. The van der Waals surface area contributed by atoms with E-state index >= 15 is 0 Å². The van der Waals surface area contributed by atoms with Crippen molar-refractivity contribution in [3.63, 3.8) is 0 Å². The zero-order valence-corrected chi connectivity index (χ0v) is 13.2. The lowest BCUT2D eigenvalue weighted by Gasteiger charge is -2.31. The second-order valence-electron chi connectivity index (χ2n) is 6.42. The summed E-state index contributed by atoms with van der Waals surface area (Å²) >= 11 is 0. The number of likely N-dealkylation sites (N-methyl/N-ethyl adjacent to an activating group) is 1. The number of hydrogen-bond donors (Lipinski definition) is 1. The van der Waals surface area contributed by atoms with Crippen LogP contribution in [0.3, 0.4) is 0 Å². The topological polar surface area (TPSA) is 56.7 Å². The molecule has 0 unspecified atom stereocenters. The molecule has 1 saturated heterocycles. The highest BCUT2D eigenvalue weighted by Gasteiger charge is 2.40. The first-order chi connectivity index (χ1) is 10.7. The van der Waals surface area contributed by atoms with Crippen molar-refractivity contribution in [3.05, 3.63) is 30.1 Å². The summed E-state index contributed by atoms with van der Waals surface area (Å²) in [5.74, 6) is 0.453. The predicted octanol–water partition coefficient (Wildman–Crippen LogP) is 1.28. The zero-order chi connectivity index (χ0) is 15.5. The number of pyridine rings is 1. The highest BCUT2D eigenvalue weighted by atomic mass is 16.3. The smallest absolute Gasteiger partial charge is 0.225 e. The van der Waals surface area contributed by atoms with Crippen molar-refractivity contribution in [2.45, 2.75) is 44.9 Å². The number of likely N-dealkylation sites (tertiary alicyclic amines) is 1. The van der Waals surface area contributed by atoms with Crippen molar-refractivity contribution in [2.24, 2.45) is 5.92 Å². The third-order valence-corrected chi connectivity index (χ3v) is 5.04. The lowest BCUT2D eigenvalue weighted by molar-refractivity contribution is -0.137. The van der Waals surface area contributed by atoms with E-state index in [9.17, 15) is 9.90 Å². The predicted molar refractivity (Wildman–Crippen MR) is 84.0 cm³/mol. The molecule has 2 fully saturated rings. The van der Waals surface area contributed by atoms with E-state index in [2.05, 4.69) is 16.8 Å². The average Bonchev–Trinajstić information content (AvgIpc) is 2.86. The van der Waals surface area contributed by atoms with Gasteiger partial charge in [0.1, 0.15) is 0 Å². The van der Waals surface area contributed by atoms with Gasteiger partial charge in [0.05, 0.1) is 12.1 Å². The highest BCUT2D eigenvalue weighted by Crippen LogP contribution is 2.30. The molecule has 2 heterocycles. The maximum absolute atomic E-state index is 12.4. The number of rotatable bonds is 5. The van der Waals surface area contributed by atoms with Crippen LogP contribution in [0.1, 0.15) is 31.7 Å². The first kappa shape index (κ1) is 15.4. The van der Waals surface area contributed by atoms with Gasteiger partial charge < -0.3 is 10.0 Å². The van der Waals surface area contributed by atoms with Crippen LogP contribution in [0.2, 0.25) is 0 Å². The maximum Gasteiger partial charge on any atom is 0.225 e. The Hall–Kier alpha value is -1.46. The standard InChI is InChI=1S/C17H25N3O2/c1-2-19(10-13-6-8-18-9-7-13)15-11-20(12-16(15)21)17(22)14-4-3-5-14/h6-9,14-16,21H,2-5,10-12H2,1H3/t15-,16-/m1/s1. The average molecular weight is 303 g/mol. The van der Waals surface area contributed by atoms with Crippen LogP contribution in [-0.4, -0.2) is 57.6 Å². The molecular formula is C17H25N3O2. The molecule has 1 aromatic rings. The van der Waals surface area contributed by atoms with Crippen LogP contribution in [0.15, 0.2) is 24.5 Å². The molecule has 1 aliphatic carbocycles. The minimum Gasteiger partial charge on any atom is -0.390 e. The molecule has 1 N–H and O–H groups in total. The molecule has 1 saturated carbocycles. The van der Waals surface area contributed by atoms with Crippen LogP contribution in [0.5, 0.6) is 0 Å². The van der Waals surface area contributed by atoms with Crippen LogP contribution in [0.25, 0.3) is 0 Å². The van der Waals surface area contributed by atoms with E-state index in [0.29, 0.717) is 13.1 Å². The van der Waals surface area contributed by atoms with E-state index in [1.165, 1.54) is 12.0 Å². The van der Waals surface area contributed by atoms with Crippen molar-refractivity contribution < 1.29 is 9.90 Å². The maximum atomic E-state index is 12.4. The number of aromatic nitrogens is 1. The molecule has 2 atom stereocenters. The molecule has 1 aromatic heterocycles. The largest absolute Gasteiger partial charge is 0.390 e. The number of β-amino-alcohol motifs (C(OH)–C–C–N with tert-alkyl or cyclic N) is 1. The van der Waals surface area contributed by atoms with E-state index in [0.717, 1.165) is 25.9 Å². The zero-order valence-electron chi connectivity index (χ0n) is 13.2. The fourth-order valence-electron chi connectivity index (χ4n) is 3.41. The number of hydrogen-bond acceptors (Lipinski definition) is 4. The number of carbonyl (C=O) groups is 1. The SMILES string of the molecule is CCN(Cc1ccncc1)[C@@H]1CN(C(=O)C2CCC2)C[C@H]1O. The van der Waals surface area contributed by atoms with E-state index < -0.39 is 6.10 Å². The molecule has 0 bridgehead atoms. The number of carbonyl (C=O) groups excluding carboxylic acids is 1.